The van der Waals surface area contributed by atoms with Gasteiger partial charge in [0.15, 0.2) is 0 Å². The van der Waals surface area contributed by atoms with Crippen LogP contribution >= 0.6 is 22.7 Å². The molecule has 0 radical (unpaired) electrons. The molecule has 0 bridgehead atoms. The zero-order valence-electron chi connectivity index (χ0n) is 28.2. The molecule has 2 nitrogen and oxygen atoms in total. The van der Waals surface area contributed by atoms with Crippen LogP contribution in [0.5, 0.6) is 0 Å². The Hall–Kier alpha value is -6.20. The number of rotatable bonds is 7. The Labute approximate surface area is 310 Å². The number of benzene rings is 8. The molecule has 2 aromatic heterocycles. The Morgan fingerprint density at radius 1 is 0.288 bits per heavy atom. The first-order chi connectivity index (χ1) is 25.8. The second kappa shape index (κ2) is 12.8. The van der Waals surface area contributed by atoms with Crippen molar-refractivity contribution in [2.75, 3.05) is 9.80 Å². The standard InChI is InChI=1S/C48H32N2S2/c1-3-17-35(18-4-1)49(41-25-13-29-45-47(41)39-23-7-9-27-43(39)51-45)37-21-11-15-33(31-37)34-16-12-22-38(32-34)50(36-19-5-2-6-20-36)42-26-14-30-46-48(42)40-24-8-10-28-44(40)52-46/h1-32H. The normalized spacial score (nSPS) is 11.5. The predicted octanol–water partition coefficient (Wildman–Crippen LogP) is 15.0. The topological polar surface area (TPSA) is 6.48 Å². The van der Waals surface area contributed by atoms with E-state index in [0.717, 1.165) is 33.9 Å². The van der Waals surface area contributed by atoms with Gasteiger partial charge in [-0.1, -0.05) is 109 Å². The number of hydrogen-bond donors (Lipinski definition) is 0. The molecule has 8 aromatic carbocycles. The van der Waals surface area contributed by atoms with Crippen LogP contribution in [0, 0.1) is 0 Å². The summed E-state index contributed by atoms with van der Waals surface area (Å²) in [5.74, 6) is 0. The van der Waals surface area contributed by atoms with Gasteiger partial charge in [-0.05, 0) is 96.1 Å². The molecule has 10 rings (SSSR count). The summed E-state index contributed by atoms with van der Waals surface area (Å²) < 4.78 is 5.19. The Morgan fingerprint density at radius 3 is 1.12 bits per heavy atom. The molecule has 0 unspecified atom stereocenters. The summed E-state index contributed by atoms with van der Waals surface area (Å²) in [5.41, 5.74) is 9.17. The lowest BCUT2D eigenvalue weighted by molar-refractivity contribution is 1.29. The summed E-state index contributed by atoms with van der Waals surface area (Å²) in [7, 11) is 0. The van der Waals surface area contributed by atoms with Crippen LogP contribution in [0.3, 0.4) is 0 Å². The highest BCUT2D eigenvalue weighted by Gasteiger charge is 2.21. The smallest absolute Gasteiger partial charge is 0.0554 e. The lowest BCUT2D eigenvalue weighted by Gasteiger charge is -2.28. The summed E-state index contributed by atoms with van der Waals surface area (Å²) in [6.45, 7) is 0. The molecule has 2 heterocycles. The zero-order chi connectivity index (χ0) is 34.4. The van der Waals surface area contributed by atoms with Crippen LogP contribution in [0.25, 0.3) is 51.5 Å². The summed E-state index contributed by atoms with van der Waals surface area (Å²) >= 11 is 3.71. The SMILES string of the molecule is c1ccc(N(c2cccc(-c3cccc(N(c4ccccc4)c4cccc5sc6ccccc6c45)c3)c2)c2cccc3sc4ccccc4c23)cc1. The minimum Gasteiger partial charge on any atom is -0.310 e. The maximum atomic E-state index is 2.41. The van der Waals surface area contributed by atoms with Crippen molar-refractivity contribution in [3.63, 3.8) is 0 Å². The van der Waals surface area contributed by atoms with Crippen molar-refractivity contribution in [3.05, 3.63) is 194 Å². The molecule has 0 atom stereocenters. The predicted molar refractivity (Wildman–Crippen MR) is 227 cm³/mol. The van der Waals surface area contributed by atoms with Crippen LogP contribution in [0.1, 0.15) is 0 Å². The van der Waals surface area contributed by atoms with E-state index >= 15 is 0 Å². The van der Waals surface area contributed by atoms with Crippen LogP contribution in [0.2, 0.25) is 0 Å². The third-order valence-electron chi connectivity index (χ3n) is 9.81. The van der Waals surface area contributed by atoms with Crippen LogP contribution in [0.4, 0.5) is 34.1 Å². The molecular weight excluding hydrogens is 669 g/mol. The molecule has 0 aliphatic heterocycles. The fourth-order valence-electron chi connectivity index (χ4n) is 7.54. The fourth-order valence-corrected chi connectivity index (χ4v) is 9.80. The molecule has 0 saturated heterocycles. The van der Waals surface area contributed by atoms with Gasteiger partial charge in [-0.3, -0.25) is 0 Å². The highest BCUT2D eigenvalue weighted by atomic mass is 32.1. The van der Waals surface area contributed by atoms with Gasteiger partial charge in [0.2, 0.25) is 0 Å². The van der Waals surface area contributed by atoms with E-state index in [9.17, 15) is 0 Å². The number of para-hydroxylation sites is 2. The Bertz CT molecular complexity index is 2670. The average Bonchev–Trinajstić information content (AvgIpc) is 3.79. The molecule has 10 aromatic rings. The second-order valence-corrected chi connectivity index (χ2v) is 15.1. The summed E-state index contributed by atoms with van der Waals surface area (Å²) in [6.07, 6.45) is 0. The van der Waals surface area contributed by atoms with Crippen molar-refractivity contribution in [1.82, 2.24) is 0 Å². The van der Waals surface area contributed by atoms with Crippen molar-refractivity contribution in [2.45, 2.75) is 0 Å². The molecule has 0 saturated carbocycles. The molecule has 0 fully saturated rings. The third-order valence-corrected chi connectivity index (χ3v) is 12.1. The first-order valence-corrected chi connectivity index (χ1v) is 19.1. The molecule has 4 heteroatoms. The van der Waals surface area contributed by atoms with Crippen molar-refractivity contribution < 1.29 is 0 Å². The molecule has 0 N–H and O–H groups in total. The molecule has 0 aliphatic rings. The average molecular weight is 701 g/mol. The van der Waals surface area contributed by atoms with E-state index in [1.54, 1.807) is 0 Å². The quantitative estimate of drug-likeness (QED) is 0.163. The maximum Gasteiger partial charge on any atom is 0.0554 e. The van der Waals surface area contributed by atoms with Gasteiger partial charge >= 0.3 is 0 Å². The molecule has 246 valence electrons. The first-order valence-electron chi connectivity index (χ1n) is 17.5. The zero-order valence-corrected chi connectivity index (χ0v) is 29.8. The Kier molecular flexibility index (Phi) is 7.56. The molecular formula is C48H32N2S2. The molecule has 52 heavy (non-hydrogen) atoms. The maximum absolute atomic E-state index is 2.41. The summed E-state index contributed by atoms with van der Waals surface area (Å²) in [4.78, 5) is 4.82. The van der Waals surface area contributed by atoms with Gasteiger partial charge in [0.25, 0.3) is 0 Å². The highest BCUT2D eigenvalue weighted by Crippen LogP contribution is 2.47. The number of nitrogens with zero attached hydrogens (tertiary/aromatic N) is 2. The van der Waals surface area contributed by atoms with Gasteiger partial charge in [-0.25, -0.2) is 0 Å². The van der Waals surface area contributed by atoms with Crippen LogP contribution in [-0.4, -0.2) is 0 Å². The van der Waals surface area contributed by atoms with Crippen LogP contribution in [0.15, 0.2) is 194 Å². The van der Waals surface area contributed by atoms with E-state index in [1.165, 1.54) is 51.7 Å². The number of anilines is 6. The molecule has 0 aliphatic carbocycles. The van der Waals surface area contributed by atoms with E-state index in [-0.39, 0.29) is 0 Å². The second-order valence-electron chi connectivity index (χ2n) is 12.9. The van der Waals surface area contributed by atoms with E-state index in [4.69, 9.17) is 0 Å². The van der Waals surface area contributed by atoms with Gasteiger partial charge in [0.05, 0.1) is 11.4 Å². The van der Waals surface area contributed by atoms with Gasteiger partial charge in [-0.15, -0.1) is 22.7 Å². The van der Waals surface area contributed by atoms with E-state index in [2.05, 4.69) is 204 Å². The summed E-state index contributed by atoms with van der Waals surface area (Å²) in [6, 6.07) is 70.3. The van der Waals surface area contributed by atoms with E-state index < -0.39 is 0 Å². The summed E-state index contributed by atoms with van der Waals surface area (Å²) in [5, 5.41) is 5.15. The van der Waals surface area contributed by atoms with Crippen molar-refractivity contribution in [2.24, 2.45) is 0 Å². The van der Waals surface area contributed by atoms with Crippen molar-refractivity contribution in [3.8, 4) is 11.1 Å². The minimum atomic E-state index is 1.12. The fraction of sp³-hybridized carbons (Fsp3) is 0. The monoisotopic (exact) mass is 700 g/mol. The van der Waals surface area contributed by atoms with Gasteiger partial charge in [0, 0.05) is 63.1 Å². The Morgan fingerprint density at radius 2 is 0.654 bits per heavy atom. The lowest BCUT2D eigenvalue weighted by Crippen LogP contribution is -2.11. The minimum absolute atomic E-state index is 1.12. The number of hydrogen-bond acceptors (Lipinski definition) is 4. The Balaban J connectivity index is 1.13. The number of thiophene rings is 2. The number of fused-ring (bicyclic) bond motifs is 6. The highest BCUT2D eigenvalue weighted by molar-refractivity contribution is 7.26. The van der Waals surface area contributed by atoms with E-state index in [1.807, 2.05) is 22.7 Å². The molecule has 0 amide bonds. The van der Waals surface area contributed by atoms with Gasteiger partial charge < -0.3 is 9.80 Å². The van der Waals surface area contributed by atoms with Gasteiger partial charge in [-0.2, -0.15) is 0 Å². The van der Waals surface area contributed by atoms with Crippen LogP contribution in [-0.2, 0) is 0 Å². The first kappa shape index (κ1) is 30.6. The van der Waals surface area contributed by atoms with Gasteiger partial charge in [0.1, 0.15) is 0 Å². The van der Waals surface area contributed by atoms with Crippen molar-refractivity contribution >= 4 is 97.1 Å². The molecule has 0 spiro atoms. The van der Waals surface area contributed by atoms with Crippen molar-refractivity contribution in [1.29, 1.82) is 0 Å². The lowest BCUT2D eigenvalue weighted by atomic mass is 10.0. The van der Waals surface area contributed by atoms with E-state index in [0.29, 0.717) is 0 Å². The largest absolute Gasteiger partial charge is 0.310 e. The van der Waals surface area contributed by atoms with Crippen LogP contribution < -0.4 is 9.80 Å². The third kappa shape index (κ3) is 5.24.